The number of aliphatic carboxylic acids is 1. The Morgan fingerprint density at radius 3 is 2.18 bits per heavy atom. The molecule has 3 N–H and O–H groups in total. The van der Waals surface area contributed by atoms with Crippen LogP contribution in [0.5, 0.6) is 0 Å². The molecule has 0 spiro atoms. The fourth-order valence-corrected chi connectivity index (χ4v) is 1.65. The lowest BCUT2D eigenvalue weighted by Gasteiger charge is -2.17. The third-order valence-corrected chi connectivity index (χ3v) is 2.83. The van der Waals surface area contributed by atoms with Crippen LogP contribution in [0, 0.1) is 0 Å². The molecule has 0 bridgehead atoms. The van der Waals surface area contributed by atoms with Gasteiger partial charge in [-0.15, -0.1) is 0 Å². The Kier molecular flexibility index (Phi) is 5.69. The van der Waals surface area contributed by atoms with Crippen molar-refractivity contribution in [2.75, 3.05) is 6.61 Å². The van der Waals surface area contributed by atoms with Crippen LogP contribution in [0.1, 0.15) is 23.6 Å². The highest BCUT2D eigenvalue weighted by Crippen LogP contribution is 2.29. The zero-order valence-corrected chi connectivity index (χ0v) is 11.4. The van der Waals surface area contributed by atoms with E-state index in [-0.39, 0.29) is 11.1 Å². The van der Waals surface area contributed by atoms with E-state index in [2.05, 4.69) is 11.9 Å². The minimum Gasteiger partial charge on any atom is -0.478 e. The Balaban J connectivity index is 2.78. The molecule has 5 nitrogen and oxygen atoms in total. The number of rotatable bonds is 6. The number of carboxylic acids is 1. The van der Waals surface area contributed by atoms with Crippen molar-refractivity contribution in [2.45, 2.75) is 18.6 Å². The fourth-order valence-electron chi connectivity index (χ4n) is 1.65. The number of carbonyl (C=O) groups excluding carboxylic acids is 1. The van der Waals surface area contributed by atoms with Gasteiger partial charge in [-0.3, -0.25) is 4.79 Å². The Morgan fingerprint density at radius 1 is 1.23 bits per heavy atom. The minimum atomic E-state index is -4.48. The normalized spacial score (nSPS) is 12.5. The fraction of sp³-hybridized carbons (Fsp3) is 0.286. The summed E-state index contributed by atoms with van der Waals surface area (Å²) in [4.78, 5) is 22.2. The molecule has 1 atom stereocenters. The molecule has 0 heterocycles. The van der Waals surface area contributed by atoms with Gasteiger partial charge in [-0.1, -0.05) is 18.7 Å². The summed E-state index contributed by atoms with van der Waals surface area (Å²) in [7, 11) is 0. The number of aliphatic hydroxyl groups is 1. The van der Waals surface area contributed by atoms with Crippen molar-refractivity contribution >= 4 is 11.9 Å². The summed E-state index contributed by atoms with van der Waals surface area (Å²) in [5.41, 5.74) is -0.912. The minimum absolute atomic E-state index is 0.268. The first-order chi connectivity index (χ1) is 10.1. The van der Waals surface area contributed by atoms with Gasteiger partial charge in [-0.2, -0.15) is 13.2 Å². The number of benzene rings is 1. The van der Waals surface area contributed by atoms with Gasteiger partial charge in [0.15, 0.2) is 0 Å². The predicted molar refractivity (Wildman–Crippen MR) is 70.8 cm³/mol. The van der Waals surface area contributed by atoms with E-state index in [1.165, 1.54) is 0 Å². The number of carboxylic acid groups (broad SMARTS) is 1. The molecule has 120 valence electrons. The molecule has 0 fully saturated rings. The Morgan fingerprint density at radius 2 is 1.77 bits per heavy atom. The molecule has 1 aromatic carbocycles. The first-order valence-electron chi connectivity index (χ1n) is 6.13. The predicted octanol–water partition coefficient (Wildman–Crippen LogP) is 1.89. The lowest BCUT2D eigenvalue weighted by Crippen LogP contribution is -2.31. The molecule has 0 aliphatic heterocycles. The average molecular weight is 317 g/mol. The molecule has 1 rings (SSSR count). The molecule has 0 saturated heterocycles. The van der Waals surface area contributed by atoms with Crippen molar-refractivity contribution in [3.8, 4) is 0 Å². The molecule has 22 heavy (non-hydrogen) atoms. The number of aliphatic hydroxyl groups excluding tert-OH is 1. The van der Waals surface area contributed by atoms with Crippen LogP contribution in [-0.2, 0) is 15.8 Å². The number of hydrogen-bond acceptors (Lipinski definition) is 3. The second kappa shape index (κ2) is 7.08. The molecule has 0 unspecified atom stereocenters. The molecule has 0 aliphatic rings. The average Bonchev–Trinajstić information content (AvgIpc) is 2.43. The van der Waals surface area contributed by atoms with Crippen LogP contribution < -0.4 is 5.32 Å². The van der Waals surface area contributed by atoms with Gasteiger partial charge in [0, 0.05) is 5.57 Å². The van der Waals surface area contributed by atoms with Crippen molar-refractivity contribution in [2.24, 2.45) is 0 Å². The van der Waals surface area contributed by atoms with Crippen LogP contribution in [0.2, 0.25) is 0 Å². The molecule has 0 saturated carbocycles. The lowest BCUT2D eigenvalue weighted by atomic mass is 10.0. The third kappa shape index (κ3) is 4.88. The highest BCUT2D eigenvalue weighted by atomic mass is 19.4. The number of hydrogen-bond donors (Lipinski definition) is 3. The second-order valence-electron chi connectivity index (χ2n) is 4.51. The largest absolute Gasteiger partial charge is 0.478 e. The van der Waals surface area contributed by atoms with Crippen molar-refractivity contribution in [3.63, 3.8) is 0 Å². The highest BCUT2D eigenvalue weighted by Gasteiger charge is 2.30. The maximum absolute atomic E-state index is 12.4. The molecular weight excluding hydrogens is 303 g/mol. The Hall–Kier alpha value is -2.35. The molecular formula is C14H14F3NO4. The van der Waals surface area contributed by atoms with E-state index in [4.69, 9.17) is 5.11 Å². The van der Waals surface area contributed by atoms with Crippen molar-refractivity contribution < 1.29 is 33.0 Å². The molecule has 1 aromatic rings. The summed E-state index contributed by atoms with van der Waals surface area (Å²) < 4.78 is 37.3. The quantitative estimate of drug-likeness (QED) is 0.699. The van der Waals surface area contributed by atoms with Gasteiger partial charge in [0.05, 0.1) is 24.6 Å². The van der Waals surface area contributed by atoms with Crippen LogP contribution in [0.3, 0.4) is 0 Å². The summed E-state index contributed by atoms with van der Waals surface area (Å²) in [6.45, 7) is 2.65. The van der Waals surface area contributed by atoms with Crippen molar-refractivity contribution in [1.29, 1.82) is 0 Å². The molecule has 0 radical (unpaired) electrons. The monoisotopic (exact) mass is 317 g/mol. The number of nitrogens with one attached hydrogen (secondary N) is 1. The van der Waals surface area contributed by atoms with Gasteiger partial charge in [0.2, 0.25) is 5.91 Å². The third-order valence-electron chi connectivity index (χ3n) is 2.83. The van der Waals surface area contributed by atoms with Crippen LogP contribution >= 0.6 is 0 Å². The SMILES string of the molecule is C=C(CC(=O)N[C@@H](CO)c1ccc(C(F)(F)F)cc1)C(=O)O. The molecule has 8 heteroatoms. The van der Waals surface area contributed by atoms with Gasteiger partial charge >= 0.3 is 12.1 Å². The standard InChI is InChI=1S/C14H14F3NO4/c1-8(13(21)22)6-12(20)18-11(7-19)9-2-4-10(5-3-9)14(15,16)17/h2-5,11,19H,1,6-7H2,(H,18,20)(H,21,22)/t11-/m0/s1. The van der Waals surface area contributed by atoms with E-state index in [9.17, 15) is 27.9 Å². The van der Waals surface area contributed by atoms with Gasteiger partial charge in [-0.05, 0) is 17.7 Å². The molecule has 1 amide bonds. The topological polar surface area (TPSA) is 86.6 Å². The van der Waals surface area contributed by atoms with E-state index >= 15 is 0 Å². The molecule has 0 aromatic heterocycles. The number of carbonyl (C=O) groups is 2. The van der Waals surface area contributed by atoms with Crippen LogP contribution in [0.25, 0.3) is 0 Å². The Labute approximate surface area is 124 Å². The number of alkyl halides is 3. The zero-order valence-electron chi connectivity index (χ0n) is 11.4. The van der Waals surface area contributed by atoms with Crippen LogP contribution in [0.15, 0.2) is 36.4 Å². The molecule has 0 aliphatic carbocycles. The van der Waals surface area contributed by atoms with E-state index in [0.717, 1.165) is 24.3 Å². The first-order valence-corrected chi connectivity index (χ1v) is 6.13. The van der Waals surface area contributed by atoms with Gasteiger partial charge in [0.25, 0.3) is 0 Å². The number of halogens is 3. The van der Waals surface area contributed by atoms with Crippen molar-refractivity contribution in [1.82, 2.24) is 5.32 Å². The van der Waals surface area contributed by atoms with Crippen LogP contribution in [-0.4, -0.2) is 28.7 Å². The summed E-state index contributed by atoms with van der Waals surface area (Å²) >= 11 is 0. The van der Waals surface area contributed by atoms with Crippen molar-refractivity contribution in [3.05, 3.63) is 47.5 Å². The first kappa shape index (κ1) is 17.7. The van der Waals surface area contributed by atoms with Gasteiger partial charge in [0.1, 0.15) is 0 Å². The van der Waals surface area contributed by atoms with Crippen LogP contribution in [0.4, 0.5) is 13.2 Å². The van der Waals surface area contributed by atoms with E-state index in [1.807, 2.05) is 0 Å². The number of amides is 1. The zero-order chi connectivity index (χ0) is 16.9. The van der Waals surface area contributed by atoms with E-state index in [1.54, 1.807) is 0 Å². The van der Waals surface area contributed by atoms with E-state index in [0.29, 0.717) is 0 Å². The van der Waals surface area contributed by atoms with Gasteiger partial charge < -0.3 is 15.5 Å². The van der Waals surface area contributed by atoms with Gasteiger partial charge in [-0.25, -0.2) is 4.79 Å². The maximum atomic E-state index is 12.4. The smallest absolute Gasteiger partial charge is 0.416 e. The second-order valence-corrected chi connectivity index (χ2v) is 4.51. The highest BCUT2D eigenvalue weighted by molar-refractivity contribution is 5.93. The maximum Gasteiger partial charge on any atom is 0.416 e. The lowest BCUT2D eigenvalue weighted by molar-refractivity contribution is -0.137. The summed E-state index contributed by atoms with van der Waals surface area (Å²) in [6, 6.07) is 3.00. The Bertz CT molecular complexity index is 566. The summed E-state index contributed by atoms with van der Waals surface area (Å²) in [6.07, 6.45) is -4.96. The summed E-state index contributed by atoms with van der Waals surface area (Å²) in [5.74, 6) is -2.03. The summed E-state index contributed by atoms with van der Waals surface area (Å²) in [5, 5.41) is 20.2. The van der Waals surface area contributed by atoms with E-state index < -0.39 is 42.7 Å².